The van der Waals surface area contributed by atoms with Gasteiger partial charge in [0.05, 0.1) is 18.6 Å². The fourth-order valence-corrected chi connectivity index (χ4v) is 1.72. The van der Waals surface area contributed by atoms with E-state index in [2.05, 4.69) is 0 Å². The summed E-state index contributed by atoms with van der Waals surface area (Å²) in [5, 5.41) is 9.70. The van der Waals surface area contributed by atoms with Gasteiger partial charge in [0.2, 0.25) is 5.91 Å². The highest BCUT2D eigenvalue weighted by atomic mass is 16.5. The van der Waals surface area contributed by atoms with Crippen molar-refractivity contribution in [2.24, 2.45) is 0 Å². The number of carbonyl (C=O) groups excluding carboxylic acids is 1. The Hall–Kier alpha value is -0.610. The van der Waals surface area contributed by atoms with E-state index in [1.54, 1.807) is 11.8 Å². The molecule has 0 aliphatic carbocycles. The molecule has 1 rings (SSSR count). The van der Waals surface area contributed by atoms with E-state index in [4.69, 9.17) is 4.74 Å². The van der Waals surface area contributed by atoms with Crippen LogP contribution in [0.25, 0.3) is 0 Å². The van der Waals surface area contributed by atoms with Crippen LogP contribution in [0, 0.1) is 0 Å². The number of β-amino-alcohol motifs (C(OH)–C–C–N with tert-alkyl or cyclic N) is 1. The van der Waals surface area contributed by atoms with E-state index in [0.29, 0.717) is 39.1 Å². The van der Waals surface area contributed by atoms with Crippen molar-refractivity contribution in [1.29, 1.82) is 0 Å². The van der Waals surface area contributed by atoms with Crippen LogP contribution in [0.15, 0.2) is 0 Å². The molecule has 1 unspecified atom stereocenters. The molecule has 0 aromatic carbocycles. The second-order valence-electron chi connectivity index (χ2n) is 4.42. The van der Waals surface area contributed by atoms with Gasteiger partial charge in [-0.2, -0.15) is 0 Å². The molecule has 1 aliphatic heterocycles. The Morgan fingerprint density at radius 2 is 2.27 bits per heavy atom. The first-order valence-electron chi connectivity index (χ1n) is 5.63. The Labute approximate surface area is 91.2 Å². The Bertz CT molecular complexity index is 216. The molecule has 0 bridgehead atoms. The maximum Gasteiger partial charge on any atom is 0.224 e. The maximum absolute atomic E-state index is 11.6. The SMILES string of the molecule is CCCOCCC(=O)N1CCC(C)(O)C1. The van der Waals surface area contributed by atoms with Gasteiger partial charge in [0, 0.05) is 19.7 Å². The third-order valence-corrected chi connectivity index (χ3v) is 2.61. The molecule has 0 aromatic heterocycles. The fourth-order valence-electron chi connectivity index (χ4n) is 1.72. The summed E-state index contributed by atoms with van der Waals surface area (Å²) in [6, 6.07) is 0. The Kier molecular flexibility index (Phi) is 4.54. The summed E-state index contributed by atoms with van der Waals surface area (Å²) in [6.07, 6.45) is 2.08. The van der Waals surface area contributed by atoms with Crippen molar-refractivity contribution in [3.05, 3.63) is 0 Å². The number of carbonyl (C=O) groups is 1. The van der Waals surface area contributed by atoms with Crippen LogP contribution < -0.4 is 0 Å². The van der Waals surface area contributed by atoms with Gasteiger partial charge in [-0.1, -0.05) is 6.92 Å². The zero-order valence-electron chi connectivity index (χ0n) is 9.66. The lowest BCUT2D eigenvalue weighted by atomic mass is 10.1. The van der Waals surface area contributed by atoms with Gasteiger partial charge >= 0.3 is 0 Å². The van der Waals surface area contributed by atoms with Crippen molar-refractivity contribution in [2.75, 3.05) is 26.3 Å². The van der Waals surface area contributed by atoms with E-state index in [0.717, 1.165) is 6.42 Å². The lowest BCUT2D eigenvalue weighted by Crippen LogP contribution is -2.34. The van der Waals surface area contributed by atoms with Gasteiger partial charge in [0.1, 0.15) is 0 Å². The minimum absolute atomic E-state index is 0.0869. The van der Waals surface area contributed by atoms with Gasteiger partial charge in [-0.3, -0.25) is 4.79 Å². The second kappa shape index (κ2) is 5.47. The predicted octanol–water partition coefficient (Wildman–Crippen LogP) is 0.786. The van der Waals surface area contributed by atoms with Crippen LogP contribution in [-0.4, -0.2) is 47.8 Å². The average molecular weight is 215 g/mol. The van der Waals surface area contributed by atoms with E-state index < -0.39 is 5.60 Å². The predicted molar refractivity (Wildman–Crippen MR) is 57.5 cm³/mol. The summed E-state index contributed by atoms with van der Waals surface area (Å²) >= 11 is 0. The molecule has 1 atom stereocenters. The summed E-state index contributed by atoms with van der Waals surface area (Å²) in [5.74, 6) is 0.0869. The molecule has 4 heteroatoms. The lowest BCUT2D eigenvalue weighted by Gasteiger charge is -2.18. The number of amides is 1. The monoisotopic (exact) mass is 215 g/mol. The standard InChI is InChI=1S/C11H21NO3/c1-3-7-15-8-4-10(13)12-6-5-11(2,14)9-12/h14H,3-9H2,1-2H3. The molecule has 1 aliphatic rings. The molecule has 88 valence electrons. The van der Waals surface area contributed by atoms with Crippen LogP contribution in [0.3, 0.4) is 0 Å². The fraction of sp³-hybridized carbons (Fsp3) is 0.909. The molecule has 1 fully saturated rings. The Morgan fingerprint density at radius 1 is 1.53 bits per heavy atom. The molecule has 0 radical (unpaired) electrons. The van der Waals surface area contributed by atoms with Crippen molar-refractivity contribution < 1.29 is 14.6 Å². The van der Waals surface area contributed by atoms with Crippen molar-refractivity contribution in [2.45, 2.75) is 38.7 Å². The van der Waals surface area contributed by atoms with Crippen LogP contribution in [0.2, 0.25) is 0 Å². The average Bonchev–Trinajstić information content (AvgIpc) is 2.53. The highest BCUT2D eigenvalue weighted by Crippen LogP contribution is 2.20. The molecule has 1 N–H and O–H groups in total. The molecule has 0 saturated carbocycles. The first kappa shape index (κ1) is 12.5. The number of nitrogens with zero attached hydrogens (tertiary/aromatic N) is 1. The largest absolute Gasteiger partial charge is 0.388 e. The van der Waals surface area contributed by atoms with Crippen LogP contribution >= 0.6 is 0 Å². The minimum atomic E-state index is -0.695. The van der Waals surface area contributed by atoms with Gasteiger partial charge < -0.3 is 14.7 Å². The third kappa shape index (κ3) is 4.18. The molecule has 0 aromatic rings. The summed E-state index contributed by atoms with van der Waals surface area (Å²) in [4.78, 5) is 13.3. The molecule has 15 heavy (non-hydrogen) atoms. The van der Waals surface area contributed by atoms with E-state index in [1.165, 1.54) is 0 Å². The summed E-state index contributed by atoms with van der Waals surface area (Å²) < 4.78 is 5.25. The molecular weight excluding hydrogens is 194 g/mol. The smallest absolute Gasteiger partial charge is 0.224 e. The quantitative estimate of drug-likeness (QED) is 0.690. The van der Waals surface area contributed by atoms with Crippen molar-refractivity contribution in [3.8, 4) is 0 Å². The van der Waals surface area contributed by atoms with Gasteiger partial charge in [-0.15, -0.1) is 0 Å². The number of rotatable bonds is 5. The highest BCUT2D eigenvalue weighted by molar-refractivity contribution is 5.76. The number of likely N-dealkylation sites (tertiary alicyclic amines) is 1. The normalized spacial score (nSPS) is 25.9. The Morgan fingerprint density at radius 3 is 2.80 bits per heavy atom. The van der Waals surface area contributed by atoms with Crippen LogP contribution in [-0.2, 0) is 9.53 Å². The summed E-state index contributed by atoms with van der Waals surface area (Å²) in [6.45, 7) is 6.14. The highest BCUT2D eigenvalue weighted by Gasteiger charge is 2.33. The molecule has 1 amide bonds. The third-order valence-electron chi connectivity index (χ3n) is 2.61. The molecule has 1 saturated heterocycles. The zero-order chi connectivity index (χ0) is 11.3. The summed E-state index contributed by atoms with van der Waals surface area (Å²) in [5.41, 5.74) is -0.695. The van der Waals surface area contributed by atoms with Crippen LogP contribution in [0.4, 0.5) is 0 Å². The summed E-state index contributed by atoms with van der Waals surface area (Å²) in [7, 11) is 0. The topological polar surface area (TPSA) is 49.8 Å². The maximum atomic E-state index is 11.6. The minimum Gasteiger partial charge on any atom is -0.388 e. The van der Waals surface area contributed by atoms with Gasteiger partial charge in [-0.05, 0) is 19.8 Å². The molecule has 0 spiro atoms. The first-order valence-corrected chi connectivity index (χ1v) is 5.63. The van der Waals surface area contributed by atoms with E-state index in [9.17, 15) is 9.90 Å². The van der Waals surface area contributed by atoms with Crippen molar-refractivity contribution >= 4 is 5.91 Å². The van der Waals surface area contributed by atoms with Crippen molar-refractivity contribution in [3.63, 3.8) is 0 Å². The van der Waals surface area contributed by atoms with E-state index >= 15 is 0 Å². The zero-order valence-corrected chi connectivity index (χ0v) is 9.66. The van der Waals surface area contributed by atoms with Crippen LogP contribution in [0.1, 0.15) is 33.1 Å². The molecule has 1 heterocycles. The Balaban J connectivity index is 2.18. The van der Waals surface area contributed by atoms with Gasteiger partial charge in [0.15, 0.2) is 0 Å². The first-order chi connectivity index (χ1) is 7.05. The lowest BCUT2D eigenvalue weighted by molar-refractivity contribution is -0.132. The number of hydrogen-bond donors (Lipinski definition) is 1. The number of hydrogen-bond acceptors (Lipinski definition) is 3. The number of aliphatic hydroxyl groups is 1. The van der Waals surface area contributed by atoms with E-state index in [-0.39, 0.29) is 5.91 Å². The van der Waals surface area contributed by atoms with Gasteiger partial charge in [0.25, 0.3) is 0 Å². The van der Waals surface area contributed by atoms with Crippen LogP contribution in [0.5, 0.6) is 0 Å². The van der Waals surface area contributed by atoms with Crippen molar-refractivity contribution in [1.82, 2.24) is 4.90 Å². The van der Waals surface area contributed by atoms with Gasteiger partial charge in [-0.25, -0.2) is 0 Å². The molecular formula is C11H21NO3. The number of ether oxygens (including phenoxy) is 1. The molecule has 4 nitrogen and oxygen atoms in total. The van der Waals surface area contributed by atoms with E-state index in [1.807, 2.05) is 6.92 Å². The second-order valence-corrected chi connectivity index (χ2v) is 4.42.